The third kappa shape index (κ3) is 6.01. The first-order valence-corrected chi connectivity index (χ1v) is 7.43. The van der Waals surface area contributed by atoms with Gasteiger partial charge in [0.2, 0.25) is 11.8 Å². The first kappa shape index (κ1) is 17.3. The molecule has 0 aromatic carbocycles. The summed E-state index contributed by atoms with van der Waals surface area (Å²) < 4.78 is 9.80. The number of likely N-dealkylation sites (tertiary alicyclic amines) is 1. The second kappa shape index (κ2) is 9.20. The predicted molar refractivity (Wildman–Crippen MR) is 75.7 cm³/mol. The Balaban J connectivity index is 2.10. The Morgan fingerprint density at radius 1 is 1.24 bits per heavy atom. The normalized spacial score (nSPS) is 14.2. The molecule has 1 aliphatic heterocycles. The first-order chi connectivity index (χ1) is 10.1. The zero-order chi connectivity index (χ0) is 15.7. The van der Waals surface area contributed by atoms with E-state index in [-0.39, 0.29) is 25.0 Å². The molecule has 0 aromatic rings. The minimum absolute atomic E-state index is 0.0296. The van der Waals surface area contributed by atoms with E-state index in [1.807, 2.05) is 6.92 Å². The fraction of sp³-hybridized carbons (Fsp3) is 0.786. The van der Waals surface area contributed by atoms with Crippen LogP contribution in [-0.4, -0.2) is 67.2 Å². The molecule has 0 aliphatic carbocycles. The van der Waals surface area contributed by atoms with Gasteiger partial charge < -0.3 is 19.3 Å². The highest BCUT2D eigenvalue weighted by Gasteiger charge is 2.20. The van der Waals surface area contributed by atoms with E-state index in [2.05, 4.69) is 0 Å². The first-order valence-electron chi connectivity index (χ1n) is 7.43. The molecule has 7 heteroatoms. The Bertz CT molecular complexity index is 372. The van der Waals surface area contributed by atoms with Gasteiger partial charge in [-0.1, -0.05) is 6.92 Å². The topological polar surface area (TPSA) is 76.2 Å². The number of hydrogen-bond donors (Lipinski definition) is 0. The molecule has 0 radical (unpaired) electrons. The Hall–Kier alpha value is -1.79. The molecular formula is C14H24N2O5. The van der Waals surface area contributed by atoms with E-state index in [0.717, 1.165) is 13.0 Å². The van der Waals surface area contributed by atoms with Crippen LogP contribution < -0.4 is 0 Å². The highest BCUT2D eigenvalue weighted by atomic mass is 16.7. The van der Waals surface area contributed by atoms with Gasteiger partial charge in [-0.15, -0.1) is 0 Å². The number of rotatable bonds is 8. The quantitative estimate of drug-likeness (QED) is 0.626. The highest BCUT2D eigenvalue weighted by Crippen LogP contribution is 2.08. The fourth-order valence-corrected chi connectivity index (χ4v) is 2.14. The van der Waals surface area contributed by atoms with Gasteiger partial charge in [-0.05, 0) is 13.3 Å². The van der Waals surface area contributed by atoms with Crippen molar-refractivity contribution in [3.05, 3.63) is 0 Å². The molecule has 0 N–H and O–H groups in total. The lowest BCUT2D eigenvalue weighted by Gasteiger charge is -2.20. The lowest BCUT2D eigenvalue weighted by atomic mass is 10.4. The van der Waals surface area contributed by atoms with Crippen molar-refractivity contribution < 1.29 is 23.9 Å². The average molecular weight is 300 g/mol. The van der Waals surface area contributed by atoms with E-state index in [1.165, 1.54) is 0 Å². The molecule has 21 heavy (non-hydrogen) atoms. The molecule has 0 spiro atoms. The second-order valence-electron chi connectivity index (χ2n) is 4.76. The third-order valence-corrected chi connectivity index (χ3v) is 3.37. The van der Waals surface area contributed by atoms with Gasteiger partial charge in [-0.3, -0.25) is 9.59 Å². The summed E-state index contributed by atoms with van der Waals surface area (Å²) in [5.41, 5.74) is 0. The molecule has 0 unspecified atom stereocenters. The summed E-state index contributed by atoms with van der Waals surface area (Å²) in [6, 6.07) is 0. The molecule has 1 heterocycles. The fourth-order valence-electron chi connectivity index (χ4n) is 2.14. The molecule has 0 saturated carbocycles. The van der Waals surface area contributed by atoms with Gasteiger partial charge in [0, 0.05) is 25.9 Å². The average Bonchev–Trinajstić information content (AvgIpc) is 2.88. The molecule has 1 fully saturated rings. The molecule has 7 nitrogen and oxygen atoms in total. The standard InChI is InChI=1S/C14H24N2O5/c1-3-12(17)15(4-2)8-10-20-14(19)21-11-9-16-7-5-6-13(16)18/h3-11H2,1-2H3. The van der Waals surface area contributed by atoms with Gasteiger partial charge in [0.1, 0.15) is 13.2 Å². The van der Waals surface area contributed by atoms with E-state index in [9.17, 15) is 14.4 Å². The number of carbonyl (C=O) groups is 3. The molecule has 1 rings (SSSR count). The van der Waals surface area contributed by atoms with Crippen molar-refractivity contribution in [1.82, 2.24) is 9.80 Å². The molecule has 1 aliphatic rings. The van der Waals surface area contributed by atoms with Crippen LogP contribution in [0.25, 0.3) is 0 Å². The van der Waals surface area contributed by atoms with E-state index in [1.54, 1.807) is 16.7 Å². The number of ether oxygens (including phenoxy) is 2. The van der Waals surface area contributed by atoms with Gasteiger partial charge in [-0.2, -0.15) is 0 Å². The van der Waals surface area contributed by atoms with Crippen molar-refractivity contribution in [1.29, 1.82) is 0 Å². The van der Waals surface area contributed by atoms with E-state index >= 15 is 0 Å². The predicted octanol–water partition coefficient (Wildman–Crippen LogP) is 1.02. The molecule has 120 valence electrons. The molecule has 0 aromatic heterocycles. The summed E-state index contributed by atoms with van der Waals surface area (Å²) >= 11 is 0. The number of likely N-dealkylation sites (N-methyl/N-ethyl adjacent to an activating group) is 1. The lowest BCUT2D eigenvalue weighted by molar-refractivity contribution is -0.131. The maximum Gasteiger partial charge on any atom is 0.508 e. The van der Waals surface area contributed by atoms with Gasteiger partial charge >= 0.3 is 6.16 Å². The highest BCUT2D eigenvalue weighted by molar-refractivity contribution is 5.78. The van der Waals surface area contributed by atoms with Crippen molar-refractivity contribution in [2.24, 2.45) is 0 Å². The maximum atomic E-state index is 11.5. The summed E-state index contributed by atoms with van der Waals surface area (Å²) in [5.74, 6) is 0.130. The summed E-state index contributed by atoms with van der Waals surface area (Å²) in [6.07, 6.45) is 1.11. The third-order valence-electron chi connectivity index (χ3n) is 3.37. The van der Waals surface area contributed by atoms with E-state index in [0.29, 0.717) is 32.5 Å². The van der Waals surface area contributed by atoms with Crippen molar-refractivity contribution in [3.8, 4) is 0 Å². The molecule has 0 atom stereocenters. The Labute approximate surface area is 125 Å². The van der Waals surface area contributed by atoms with Gasteiger partial charge in [0.15, 0.2) is 0 Å². The number of amides is 2. The summed E-state index contributed by atoms with van der Waals surface area (Å²) in [5, 5.41) is 0. The van der Waals surface area contributed by atoms with Gasteiger partial charge in [0.25, 0.3) is 0 Å². The molecule has 1 saturated heterocycles. The van der Waals surface area contributed by atoms with Crippen molar-refractivity contribution in [3.63, 3.8) is 0 Å². The van der Waals surface area contributed by atoms with Crippen molar-refractivity contribution >= 4 is 18.0 Å². The minimum Gasteiger partial charge on any atom is -0.432 e. The van der Waals surface area contributed by atoms with Crippen LogP contribution in [0.5, 0.6) is 0 Å². The van der Waals surface area contributed by atoms with Crippen molar-refractivity contribution in [2.45, 2.75) is 33.1 Å². The largest absolute Gasteiger partial charge is 0.508 e. The molecule has 0 bridgehead atoms. The molecular weight excluding hydrogens is 276 g/mol. The second-order valence-corrected chi connectivity index (χ2v) is 4.76. The summed E-state index contributed by atoms with van der Waals surface area (Å²) in [4.78, 5) is 37.5. The van der Waals surface area contributed by atoms with Crippen LogP contribution in [-0.2, 0) is 19.1 Å². The lowest BCUT2D eigenvalue weighted by Crippen LogP contribution is -2.34. The van der Waals surface area contributed by atoms with Crippen LogP contribution in [0.3, 0.4) is 0 Å². The van der Waals surface area contributed by atoms with Crippen LogP contribution in [0.2, 0.25) is 0 Å². The molecule has 2 amide bonds. The van der Waals surface area contributed by atoms with Gasteiger partial charge in [-0.25, -0.2) is 4.79 Å². The monoisotopic (exact) mass is 300 g/mol. The maximum absolute atomic E-state index is 11.5. The van der Waals surface area contributed by atoms with E-state index < -0.39 is 6.16 Å². The Morgan fingerprint density at radius 3 is 2.52 bits per heavy atom. The van der Waals surface area contributed by atoms with Crippen LogP contribution in [0.4, 0.5) is 4.79 Å². The van der Waals surface area contributed by atoms with Gasteiger partial charge in [0.05, 0.1) is 13.1 Å². The number of carbonyl (C=O) groups excluding carboxylic acids is 3. The number of hydrogen-bond acceptors (Lipinski definition) is 5. The van der Waals surface area contributed by atoms with E-state index in [4.69, 9.17) is 9.47 Å². The number of nitrogens with zero attached hydrogens (tertiary/aromatic N) is 2. The summed E-state index contributed by atoms with van der Waals surface area (Å²) in [6.45, 7) is 5.99. The SMILES string of the molecule is CCC(=O)N(CC)CCOC(=O)OCCN1CCCC1=O. The van der Waals surface area contributed by atoms with Crippen LogP contribution in [0.15, 0.2) is 0 Å². The smallest absolute Gasteiger partial charge is 0.432 e. The Kier molecular flexibility index (Phi) is 7.56. The summed E-state index contributed by atoms with van der Waals surface area (Å²) in [7, 11) is 0. The van der Waals surface area contributed by atoms with Crippen LogP contribution in [0.1, 0.15) is 33.1 Å². The minimum atomic E-state index is -0.762. The van der Waals surface area contributed by atoms with Crippen LogP contribution >= 0.6 is 0 Å². The zero-order valence-corrected chi connectivity index (χ0v) is 12.8. The zero-order valence-electron chi connectivity index (χ0n) is 12.8. The van der Waals surface area contributed by atoms with Crippen LogP contribution in [0, 0.1) is 0 Å². The Morgan fingerprint density at radius 2 is 1.95 bits per heavy atom. The van der Waals surface area contributed by atoms with Crippen molar-refractivity contribution in [2.75, 3.05) is 39.4 Å².